The van der Waals surface area contributed by atoms with E-state index < -0.39 is 0 Å². The summed E-state index contributed by atoms with van der Waals surface area (Å²) < 4.78 is 0. The second-order valence-electron chi connectivity index (χ2n) is 2.81. The first-order valence-electron chi connectivity index (χ1n) is 4.44. The fourth-order valence-corrected chi connectivity index (χ4v) is 0.909. The minimum atomic E-state index is -0.241. The van der Waals surface area contributed by atoms with E-state index in [4.69, 9.17) is 0 Å². The van der Waals surface area contributed by atoms with Gasteiger partial charge >= 0.3 is 0 Å². The summed E-state index contributed by atoms with van der Waals surface area (Å²) in [6.45, 7) is 1.86. The number of nitrogens with one attached hydrogen (secondary N) is 1. The van der Waals surface area contributed by atoms with Crippen molar-refractivity contribution in [1.82, 2.24) is 10.3 Å². The van der Waals surface area contributed by atoms with Gasteiger partial charge in [-0.25, -0.2) is 0 Å². The van der Waals surface area contributed by atoms with E-state index in [9.17, 15) is 9.59 Å². The summed E-state index contributed by atoms with van der Waals surface area (Å²) >= 11 is 0. The molecule has 1 aromatic rings. The summed E-state index contributed by atoms with van der Waals surface area (Å²) in [5, 5.41) is 2.53. The van der Waals surface area contributed by atoms with E-state index in [-0.39, 0.29) is 19.7 Å². The molecule has 14 heavy (non-hydrogen) atoms. The van der Waals surface area contributed by atoms with Crippen LogP contribution in [-0.2, 0) is 4.79 Å². The normalized spacial score (nSPS) is 9.50. The SMILES string of the molecule is CCC(=O)CNC(=O)c1ccncc1.[HH]. The number of ketones is 1. The highest BCUT2D eigenvalue weighted by Gasteiger charge is 2.05. The molecule has 1 rings (SSSR count). The number of amides is 1. The average molecular weight is 194 g/mol. The number of pyridine rings is 1. The number of rotatable bonds is 4. The Hall–Kier alpha value is -1.71. The molecule has 0 saturated carbocycles. The Balaban J connectivity index is 0.00000196. The topological polar surface area (TPSA) is 59.1 Å². The van der Waals surface area contributed by atoms with Crippen molar-refractivity contribution in [2.75, 3.05) is 6.54 Å². The number of nitrogens with zero attached hydrogens (tertiary/aromatic N) is 1. The fourth-order valence-electron chi connectivity index (χ4n) is 0.909. The van der Waals surface area contributed by atoms with Crippen LogP contribution in [0.15, 0.2) is 24.5 Å². The number of aromatic nitrogens is 1. The van der Waals surface area contributed by atoms with Crippen LogP contribution in [0.1, 0.15) is 25.1 Å². The van der Waals surface area contributed by atoms with Gasteiger partial charge in [-0.15, -0.1) is 0 Å². The van der Waals surface area contributed by atoms with Crippen LogP contribution in [0.4, 0.5) is 0 Å². The molecule has 0 saturated heterocycles. The Labute approximate surface area is 83.8 Å². The number of Topliss-reactive ketones (excluding diaryl/α,β-unsaturated/α-hetero) is 1. The molecule has 1 heterocycles. The Kier molecular flexibility index (Phi) is 3.79. The van der Waals surface area contributed by atoms with Gasteiger partial charge in [-0.3, -0.25) is 14.6 Å². The van der Waals surface area contributed by atoms with E-state index in [1.807, 2.05) is 0 Å². The monoisotopic (exact) mass is 194 g/mol. The van der Waals surface area contributed by atoms with E-state index in [1.165, 1.54) is 12.4 Å². The minimum absolute atomic E-state index is 0. The molecular weight excluding hydrogens is 180 g/mol. The van der Waals surface area contributed by atoms with E-state index in [2.05, 4.69) is 10.3 Å². The molecular formula is C10H14N2O2. The van der Waals surface area contributed by atoms with Crippen LogP contribution in [0, 0.1) is 0 Å². The van der Waals surface area contributed by atoms with Gasteiger partial charge in [0.1, 0.15) is 0 Å². The maximum atomic E-state index is 11.4. The summed E-state index contributed by atoms with van der Waals surface area (Å²) in [5.41, 5.74) is 0.518. The van der Waals surface area contributed by atoms with Gasteiger partial charge in [-0.1, -0.05) is 6.92 Å². The summed E-state index contributed by atoms with van der Waals surface area (Å²) in [6.07, 6.45) is 3.52. The molecule has 1 N–H and O–H groups in total. The summed E-state index contributed by atoms with van der Waals surface area (Å²) in [7, 11) is 0. The van der Waals surface area contributed by atoms with Crippen molar-refractivity contribution in [3.8, 4) is 0 Å². The molecule has 0 atom stereocenters. The smallest absolute Gasteiger partial charge is 0.251 e. The van der Waals surface area contributed by atoms with Crippen LogP contribution < -0.4 is 5.32 Å². The number of carbonyl (C=O) groups excluding carboxylic acids is 2. The number of hydrogen-bond acceptors (Lipinski definition) is 3. The van der Waals surface area contributed by atoms with Crippen molar-refractivity contribution < 1.29 is 11.0 Å². The molecule has 0 aliphatic carbocycles. The van der Waals surface area contributed by atoms with Crippen molar-refractivity contribution in [2.24, 2.45) is 0 Å². The van der Waals surface area contributed by atoms with Crippen molar-refractivity contribution in [2.45, 2.75) is 13.3 Å². The van der Waals surface area contributed by atoms with Gasteiger partial charge in [-0.05, 0) is 12.1 Å². The summed E-state index contributed by atoms with van der Waals surface area (Å²) in [6, 6.07) is 3.21. The predicted molar refractivity (Wildman–Crippen MR) is 54.0 cm³/mol. The lowest BCUT2D eigenvalue weighted by atomic mass is 10.2. The second-order valence-corrected chi connectivity index (χ2v) is 2.81. The third kappa shape index (κ3) is 2.97. The molecule has 4 heteroatoms. The van der Waals surface area contributed by atoms with E-state index in [1.54, 1.807) is 19.1 Å². The van der Waals surface area contributed by atoms with Crippen molar-refractivity contribution in [3.05, 3.63) is 30.1 Å². The molecule has 0 radical (unpaired) electrons. The van der Waals surface area contributed by atoms with E-state index in [0.717, 1.165) is 0 Å². The van der Waals surface area contributed by atoms with Crippen LogP contribution in [-0.4, -0.2) is 23.2 Å². The molecule has 0 aromatic carbocycles. The molecule has 1 amide bonds. The zero-order chi connectivity index (χ0) is 10.4. The molecule has 4 nitrogen and oxygen atoms in total. The van der Waals surface area contributed by atoms with Gasteiger partial charge in [0.15, 0.2) is 5.78 Å². The lowest BCUT2D eigenvalue weighted by Gasteiger charge is -2.02. The van der Waals surface area contributed by atoms with Crippen molar-refractivity contribution >= 4 is 11.7 Å². The standard InChI is InChI=1S/C10H12N2O2.H2/c1-2-9(13)7-12-10(14)8-3-5-11-6-4-8;/h3-6H,2,7H2,1H3,(H,12,14);1H. The maximum Gasteiger partial charge on any atom is 0.251 e. The van der Waals surface area contributed by atoms with Crippen LogP contribution in [0.5, 0.6) is 0 Å². The van der Waals surface area contributed by atoms with Crippen molar-refractivity contribution in [1.29, 1.82) is 0 Å². The average Bonchev–Trinajstić information content (AvgIpc) is 2.26. The van der Waals surface area contributed by atoms with Crippen LogP contribution in [0.25, 0.3) is 0 Å². The summed E-state index contributed by atoms with van der Waals surface area (Å²) in [4.78, 5) is 26.1. The van der Waals surface area contributed by atoms with Crippen LogP contribution in [0.2, 0.25) is 0 Å². The van der Waals surface area contributed by atoms with Gasteiger partial charge in [0, 0.05) is 25.8 Å². The molecule has 0 aliphatic heterocycles. The Bertz CT molecular complexity index is 327. The fraction of sp³-hybridized carbons (Fsp3) is 0.300. The first-order chi connectivity index (χ1) is 6.74. The quantitative estimate of drug-likeness (QED) is 0.779. The molecule has 0 unspecified atom stereocenters. The third-order valence-electron chi connectivity index (χ3n) is 1.78. The maximum absolute atomic E-state index is 11.4. The molecule has 0 fully saturated rings. The highest BCUT2D eigenvalue weighted by Crippen LogP contribution is 1.95. The lowest BCUT2D eigenvalue weighted by molar-refractivity contribution is -0.117. The van der Waals surface area contributed by atoms with Gasteiger partial charge in [0.2, 0.25) is 0 Å². The number of carbonyl (C=O) groups is 2. The predicted octanol–water partition coefficient (Wildman–Crippen LogP) is 1.04. The van der Waals surface area contributed by atoms with E-state index in [0.29, 0.717) is 12.0 Å². The van der Waals surface area contributed by atoms with Gasteiger partial charge in [0.25, 0.3) is 5.91 Å². The Morgan fingerprint density at radius 1 is 1.43 bits per heavy atom. The first kappa shape index (κ1) is 10.4. The van der Waals surface area contributed by atoms with Crippen LogP contribution in [0.3, 0.4) is 0 Å². The minimum Gasteiger partial charge on any atom is -0.345 e. The molecule has 0 bridgehead atoms. The Morgan fingerprint density at radius 3 is 2.64 bits per heavy atom. The molecule has 0 aliphatic rings. The van der Waals surface area contributed by atoms with Gasteiger partial charge in [-0.2, -0.15) is 0 Å². The summed E-state index contributed by atoms with van der Waals surface area (Å²) in [5.74, 6) is -0.221. The number of hydrogen-bond donors (Lipinski definition) is 1. The Morgan fingerprint density at radius 2 is 2.07 bits per heavy atom. The zero-order valence-electron chi connectivity index (χ0n) is 7.99. The van der Waals surface area contributed by atoms with E-state index >= 15 is 0 Å². The molecule has 0 spiro atoms. The third-order valence-corrected chi connectivity index (χ3v) is 1.78. The lowest BCUT2D eigenvalue weighted by Crippen LogP contribution is -2.29. The second kappa shape index (κ2) is 5.11. The largest absolute Gasteiger partial charge is 0.345 e. The van der Waals surface area contributed by atoms with Gasteiger partial charge < -0.3 is 5.32 Å². The van der Waals surface area contributed by atoms with Gasteiger partial charge in [0.05, 0.1) is 6.54 Å². The zero-order valence-corrected chi connectivity index (χ0v) is 7.99. The van der Waals surface area contributed by atoms with Crippen molar-refractivity contribution in [3.63, 3.8) is 0 Å². The highest BCUT2D eigenvalue weighted by molar-refractivity contribution is 5.96. The molecule has 76 valence electrons. The molecule has 1 aromatic heterocycles. The van der Waals surface area contributed by atoms with Crippen LogP contribution >= 0.6 is 0 Å². The first-order valence-corrected chi connectivity index (χ1v) is 4.44. The highest BCUT2D eigenvalue weighted by atomic mass is 16.2.